The monoisotopic (exact) mass is 295 g/mol. The van der Waals surface area contributed by atoms with E-state index in [1.807, 2.05) is 16.3 Å². The fourth-order valence-electron chi connectivity index (χ4n) is 2.34. The number of likely N-dealkylation sites (tertiary alicyclic amines) is 1. The highest BCUT2D eigenvalue weighted by atomic mass is 32.1. The highest BCUT2D eigenvalue weighted by Crippen LogP contribution is 2.22. The maximum absolute atomic E-state index is 11.6. The Morgan fingerprint density at radius 2 is 2.35 bits per heavy atom. The zero-order valence-corrected chi connectivity index (χ0v) is 12.8. The number of nitrogens with one attached hydrogen (secondary N) is 2. The van der Waals surface area contributed by atoms with Gasteiger partial charge in [0.2, 0.25) is 11.8 Å². The molecule has 1 aliphatic heterocycles. The first kappa shape index (κ1) is 15.0. The standard InChI is InChI=1S/C14H21N3O2S/c1-10(9-17-6-3-4-14(17)19)15-8-13-12(5-7-20-13)16-11(2)18/h5,7,10,15H,3-4,6,8-9H2,1-2H3,(H,16,18). The minimum Gasteiger partial charge on any atom is -0.341 e. The average Bonchev–Trinajstić information content (AvgIpc) is 2.97. The predicted octanol–water partition coefficient (Wildman–Crippen LogP) is 1.81. The zero-order valence-electron chi connectivity index (χ0n) is 11.9. The molecule has 1 saturated heterocycles. The molecule has 0 aromatic carbocycles. The first-order chi connectivity index (χ1) is 9.56. The maximum atomic E-state index is 11.6. The molecule has 2 amide bonds. The van der Waals surface area contributed by atoms with Crippen LogP contribution in [0, 0.1) is 0 Å². The summed E-state index contributed by atoms with van der Waals surface area (Å²) in [6, 6.07) is 2.15. The Hall–Kier alpha value is -1.40. The van der Waals surface area contributed by atoms with Gasteiger partial charge in [0.15, 0.2) is 0 Å². The Bertz CT molecular complexity index is 487. The summed E-state index contributed by atoms with van der Waals surface area (Å²) in [6.07, 6.45) is 1.66. The number of amides is 2. The number of anilines is 1. The van der Waals surface area contributed by atoms with Gasteiger partial charge in [-0.1, -0.05) is 0 Å². The lowest BCUT2D eigenvalue weighted by Gasteiger charge is -2.21. The van der Waals surface area contributed by atoms with Crippen LogP contribution in [0.5, 0.6) is 0 Å². The van der Waals surface area contributed by atoms with Crippen LogP contribution in [0.1, 0.15) is 31.6 Å². The largest absolute Gasteiger partial charge is 0.341 e. The molecule has 1 unspecified atom stereocenters. The SMILES string of the molecule is CC(=O)Nc1ccsc1CNC(C)CN1CCCC1=O. The van der Waals surface area contributed by atoms with Crippen molar-refractivity contribution in [3.8, 4) is 0 Å². The van der Waals surface area contributed by atoms with Crippen LogP contribution in [0.2, 0.25) is 0 Å². The molecular weight excluding hydrogens is 274 g/mol. The second-order valence-corrected chi connectivity index (χ2v) is 6.16. The topological polar surface area (TPSA) is 61.4 Å². The van der Waals surface area contributed by atoms with E-state index in [1.54, 1.807) is 11.3 Å². The summed E-state index contributed by atoms with van der Waals surface area (Å²) < 4.78 is 0. The molecule has 0 bridgehead atoms. The number of hydrogen-bond acceptors (Lipinski definition) is 4. The van der Waals surface area contributed by atoms with Crippen molar-refractivity contribution in [3.63, 3.8) is 0 Å². The van der Waals surface area contributed by atoms with Gasteiger partial charge in [-0.05, 0) is 24.8 Å². The third-order valence-electron chi connectivity index (χ3n) is 3.33. The van der Waals surface area contributed by atoms with Crippen molar-refractivity contribution in [1.82, 2.24) is 10.2 Å². The average molecular weight is 295 g/mol. The maximum Gasteiger partial charge on any atom is 0.222 e. The third kappa shape index (κ3) is 4.05. The molecule has 0 spiro atoms. The lowest BCUT2D eigenvalue weighted by molar-refractivity contribution is -0.128. The van der Waals surface area contributed by atoms with E-state index in [0.717, 1.165) is 30.1 Å². The van der Waals surface area contributed by atoms with E-state index in [2.05, 4.69) is 17.6 Å². The van der Waals surface area contributed by atoms with Gasteiger partial charge in [-0.15, -0.1) is 11.3 Å². The van der Waals surface area contributed by atoms with Crippen molar-refractivity contribution in [2.45, 2.75) is 39.3 Å². The van der Waals surface area contributed by atoms with Crippen molar-refractivity contribution in [3.05, 3.63) is 16.3 Å². The van der Waals surface area contributed by atoms with Crippen LogP contribution in [-0.4, -0.2) is 35.8 Å². The van der Waals surface area contributed by atoms with Crippen LogP contribution in [0.15, 0.2) is 11.4 Å². The Balaban J connectivity index is 1.81. The molecule has 110 valence electrons. The molecule has 1 aromatic rings. The summed E-state index contributed by atoms with van der Waals surface area (Å²) in [6.45, 7) is 5.92. The Labute approximate surface area is 123 Å². The molecule has 1 aromatic heterocycles. The van der Waals surface area contributed by atoms with Crippen molar-refractivity contribution < 1.29 is 9.59 Å². The van der Waals surface area contributed by atoms with Gasteiger partial charge in [-0.25, -0.2) is 0 Å². The zero-order chi connectivity index (χ0) is 14.5. The molecule has 1 atom stereocenters. The Kier molecular flexibility index (Phi) is 5.14. The van der Waals surface area contributed by atoms with Gasteiger partial charge in [0, 0.05) is 43.9 Å². The molecule has 1 aliphatic rings. The molecule has 0 saturated carbocycles. The summed E-state index contributed by atoms with van der Waals surface area (Å²) in [5, 5.41) is 8.20. The van der Waals surface area contributed by atoms with Gasteiger partial charge in [0.05, 0.1) is 5.69 Å². The van der Waals surface area contributed by atoms with Crippen LogP contribution in [0.25, 0.3) is 0 Å². The number of carbonyl (C=O) groups excluding carboxylic acids is 2. The Morgan fingerprint density at radius 1 is 1.55 bits per heavy atom. The molecule has 20 heavy (non-hydrogen) atoms. The molecule has 5 nitrogen and oxygen atoms in total. The molecule has 0 radical (unpaired) electrons. The van der Waals surface area contributed by atoms with Gasteiger partial charge < -0.3 is 15.5 Å². The Morgan fingerprint density at radius 3 is 3.00 bits per heavy atom. The van der Waals surface area contributed by atoms with Gasteiger partial charge >= 0.3 is 0 Å². The molecule has 2 heterocycles. The fourth-order valence-corrected chi connectivity index (χ4v) is 3.12. The fraction of sp³-hybridized carbons (Fsp3) is 0.571. The summed E-state index contributed by atoms with van der Waals surface area (Å²) in [5.41, 5.74) is 0.874. The van der Waals surface area contributed by atoms with Crippen LogP contribution in [-0.2, 0) is 16.1 Å². The van der Waals surface area contributed by atoms with Crippen molar-refractivity contribution >= 4 is 28.8 Å². The van der Waals surface area contributed by atoms with E-state index in [1.165, 1.54) is 6.92 Å². The summed E-state index contributed by atoms with van der Waals surface area (Å²) in [7, 11) is 0. The lowest BCUT2D eigenvalue weighted by atomic mass is 10.3. The summed E-state index contributed by atoms with van der Waals surface area (Å²) >= 11 is 1.62. The van der Waals surface area contributed by atoms with Crippen LogP contribution < -0.4 is 10.6 Å². The van der Waals surface area contributed by atoms with Gasteiger partial charge in [-0.2, -0.15) is 0 Å². The predicted molar refractivity (Wildman–Crippen MR) is 80.7 cm³/mol. The van der Waals surface area contributed by atoms with E-state index in [0.29, 0.717) is 13.0 Å². The number of rotatable bonds is 6. The smallest absolute Gasteiger partial charge is 0.222 e. The second kappa shape index (κ2) is 6.85. The van der Waals surface area contributed by atoms with Crippen molar-refractivity contribution in [1.29, 1.82) is 0 Å². The van der Waals surface area contributed by atoms with E-state index >= 15 is 0 Å². The second-order valence-electron chi connectivity index (χ2n) is 5.16. The first-order valence-electron chi connectivity index (χ1n) is 6.91. The van der Waals surface area contributed by atoms with E-state index in [-0.39, 0.29) is 17.9 Å². The number of nitrogens with zero attached hydrogens (tertiary/aromatic N) is 1. The molecule has 0 aliphatic carbocycles. The van der Waals surface area contributed by atoms with Crippen LogP contribution in [0.3, 0.4) is 0 Å². The molecule has 1 fully saturated rings. The highest BCUT2D eigenvalue weighted by molar-refractivity contribution is 7.10. The molecule has 2 N–H and O–H groups in total. The normalized spacial score (nSPS) is 16.5. The van der Waals surface area contributed by atoms with E-state index < -0.39 is 0 Å². The first-order valence-corrected chi connectivity index (χ1v) is 7.79. The quantitative estimate of drug-likeness (QED) is 0.841. The number of carbonyl (C=O) groups is 2. The summed E-state index contributed by atoms with van der Waals surface area (Å²) in [5.74, 6) is 0.203. The van der Waals surface area contributed by atoms with E-state index in [4.69, 9.17) is 0 Å². The minimum atomic E-state index is -0.0552. The van der Waals surface area contributed by atoms with Gasteiger partial charge in [-0.3, -0.25) is 9.59 Å². The highest BCUT2D eigenvalue weighted by Gasteiger charge is 2.21. The number of hydrogen-bond donors (Lipinski definition) is 2. The molecule has 2 rings (SSSR count). The van der Waals surface area contributed by atoms with Gasteiger partial charge in [0.25, 0.3) is 0 Å². The third-order valence-corrected chi connectivity index (χ3v) is 4.25. The van der Waals surface area contributed by atoms with Crippen molar-refractivity contribution in [2.24, 2.45) is 0 Å². The minimum absolute atomic E-state index is 0.0552. The molecule has 6 heteroatoms. The van der Waals surface area contributed by atoms with Crippen LogP contribution in [0.4, 0.5) is 5.69 Å². The van der Waals surface area contributed by atoms with Gasteiger partial charge in [0.1, 0.15) is 0 Å². The number of thiophene rings is 1. The van der Waals surface area contributed by atoms with Crippen molar-refractivity contribution in [2.75, 3.05) is 18.4 Å². The van der Waals surface area contributed by atoms with E-state index in [9.17, 15) is 9.59 Å². The lowest BCUT2D eigenvalue weighted by Crippen LogP contribution is -2.39. The summed E-state index contributed by atoms with van der Waals surface area (Å²) in [4.78, 5) is 25.7. The molecular formula is C14H21N3O2S. The van der Waals surface area contributed by atoms with Crippen LogP contribution >= 0.6 is 11.3 Å².